The van der Waals surface area contributed by atoms with Gasteiger partial charge < -0.3 is 19.9 Å². The van der Waals surface area contributed by atoms with E-state index in [-0.39, 0.29) is 12.1 Å². The highest BCUT2D eigenvalue weighted by molar-refractivity contribution is 5.88. The van der Waals surface area contributed by atoms with E-state index in [1.165, 1.54) is 32.1 Å². The SMILES string of the molecule is COC(=O)c1cnc(-c2ccc(N)cc2)n(CC(OC)OC)c1=O. The number of carbonyl (C=O) groups is 1. The van der Waals surface area contributed by atoms with Crippen LogP contribution in [-0.2, 0) is 20.8 Å². The van der Waals surface area contributed by atoms with E-state index in [1.54, 1.807) is 24.3 Å². The van der Waals surface area contributed by atoms with Crippen LogP contribution in [0, 0.1) is 0 Å². The van der Waals surface area contributed by atoms with Gasteiger partial charge >= 0.3 is 5.97 Å². The Morgan fingerprint density at radius 3 is 2.38 bits per heavy atom. The number of rotatable bonds is 6. The summed E-state index contributed by atoms with van der Waals surface area (Å²) in [5.41, 5.74) is 6.24. The molecule has 128 valence electrons. The molecule has 0 aliphatic carbocycles. The van der Waals surface area contributed by atoms with Gasteiger partial charge in [-0.2, -0.15) is 0 Å². The molecule has 24 heavy (non-hydrogen) atoms. The van der Waals surface area contributed by atoms with E-state index in [0.717, 1.165) is 0 Å². The minimum absolute atomic E-state index is 0.0589. The summed E-state index contributed by atoms with van der Waals surface area (Å²) in [5, 5.41) is 0. The summed E-state index contributed by atoms with van der Waals surface area (Å²) in [6.07, 6.45) is 0.523. The Bertz CT molecular complexity index is 766. The normalized spacial score (nSPS) is 10.8. The number of carbonyl (C=O) groups excluding carboxylic acids is 1. The highest BCUT2D eigenvalue weighted by Crippen LogP contribution is 2.18. The molecule has 2 rings (SSSR count). The number of esters is 1. The number of anilines is 1. The van der Waals surface area contributed by atoms with E-state index < -0.39 is 17.8 Å². The molecule has 8 heteroatoms. The first kappa shape index (κ1) is 17.6. The fourth-order valence-electron chi connectivity index (χ4n) is 2.17. The van der Waals surface area contributed by atoms with Crippen LogP contribution in [0.25, 0.3) is 11.4 Å². The predicted octanol–water partition coefficient (Wildman–Crippen LogP) is 0.898. The van der Waals surface area contributed by atoms with Crippen molar-refractivity contribution in [3.63, 3.8) is 0 Å². The Labute approximate surface area is 138 Å². The average molecular weight is 333 g/mol. The molecular weight excluding hydrogens is 314 g/mol. The first-order valence-electron chi connectivity index (χ1n) is 7.11. The van der Waals surface area contributed by atoms with Gasteiger partial charge in [-0.15, -0.1) is 0 Å². The van der Waals surface area contributed by atoms with Gasteiger partial charge in [-0.1, -0.05) is 0 Å². The second kappa shape index (κ2) is 7.71. The monoisotopic (exact) mass is 333 g/mol. The molecule has 1 aromatic carbocycles. The Balaban J connectivity index is 2.61. The van der Waals surface area contributed by atoms with Crippen molar-refractivity contribution in [2.75, 3.05) is 27.1 Å². The van der Waals surface area contributed by atoms with Gasteiger partial charge in [0.15, 0.2) is 6.29 Å². The molecule has 0 fully saturated rings. The number of benzene rings is 1. The van der Waals surface area contributed by atoms with Crippen LogP contribution in [0.5, 0.6) is 0 Å². The lowest BCUT2D eigenvalue weighted by molar-refractivity contribution is -0.111. The molecule has 2 aromatic rings. The Morgan fingerprint density at radius 1 is 1.21 bits per heavy atom. The number of hydrogen-bond donors (Lipinski definition) is 1. The quantitative estimate of drug-likeness (QED) is 0.475. The van der Waals surface area contributed by atoms with Gasteiger partial charge in [0, 0.05) is 31.7 Å². The summed E-state index contributed by atoms with van der Waals surface area (Å²) in [4.78, 5) is 28.7. The molecule has 2 N–H and O–H groups in total. The van der Waals surface area contributed by atoms with E-state index in [0.29, 0.717) is 17.1 Å². The molecule has 1 heterocycles. The molecule has 8 nitrogen and oxygen atoms in total. The van der Waals surface area contributed by atoms with Crippen LogP contribution in [0.1, 0.15) is 10.4 Å². The zero-order valence-electron chi connectivity index (χ0n) is 13.7. The maximum atomic E-state index is 12.7. The van der Waals surface area contributed by atoms with E-state index in [2.05, 4.69) is 9.72 Å². The van der Waals surface area contributed by atoms with E-state index >= 15 is 0 Å². The summed E-state index contributed by atoms with van der Waals surface area (Å²) < 4.78 is 16.2. The smallest absolute Gasteiger partial charge is 0.345 e. The summed E-state index contributed by atoms with van der Waals surface area (Å²) >= 11 is 0. The van der Waals surface area contributed by atoms with Crippen LogP contribution in [0.15, 0.2) is 35.3 Å². The first-order chi connectivity index (χ1) is 11.5. The van der Waals surface area contributed by atoms with Crippen molar-refractivity contribution < 1.29 is 19.0 Å². The molecule has 0 aliphatic rings. The van der Waals surface area contributed by atoms with E-state index in [9.17, 15) is 9.59 Å². The largest absolute Gasteiger partial charge is 0.465 e. The lowest BCUT2D eigenvalue weighted by Gasteiger charge is -2.18. The maximum Gasteiger partial charge on any atom is 0.345 e. The average Bonchev–Trinajstić information content (AvgIpc) is 2.60. The van der Waals surface area contributed by atoms with Crippen molar-refractivity contribution in [2.24, 2.45) is 0 Å². The molecule has 0 spiro atoms. The zero-order valence-corrected chi connectivity index (χ0v) is 13.7. The van der Waals surface area contributed by atoms with E-state index in [4.69, 9.17) is 15.2 Å². The molecule has 0 amide bonds. The predicted molar refractivity (Wildman–Crippen MR) is 87.5 cm³/mol. The third kappa shape index (κ3) is 3.61. The van der Waals surface area contributed by atoms with Crippen LogP contribution >= 0.6 is 0 Å². The fourth-order valence-corrected chi connectivity index (χ4v) is 2.17. The van der Waals surface area contributed by atoms with Gasteiger partial charge in [-0.05, 0) is 24.3 Å². The number of methoxy groups -OCH3 is 3. The second-order valence-electron chi connectivity index (χ2n) is 4.93. The standard InChI is InChI=1S/C16H19N3O5/c1-22-13(23-2)9-19-14(10-4-6-11(17)7-5-10)18-8-12(15(19)20)16(21)24-3/h4-8,13H,9,17H2,1-3H3. The van der Waals surface area contributed by atoms with Gasteiger partial charge in [0.25, 0.3) is 5.56 Å². The number of nitrogen functional groups attached to an aromatic ring is 1. The van der Waals surface area contributed by atoms with Crippen LogP contribution in [0.4, 0.5) is 5.69 Å². The number of hydrogen-bond acceptors (Lipinski definition) is 7. The third-order valence-corrected chi connectivity index (χ3v) is 3.48. The summed E-state index contributed by atoms with van der Waals surface area (Å²) in [6.45, 7) is 0.0589. The van der Waals surface area contributed by atoms with Crippen molar-refractivity contribution in [3.05, 3.63) is 46.4 Å². The van der Waals surface area contributed by atoms with E-state index in [1.807, 2.05) is 0 Å². The van der Waals surface area contributed by atoms with Crippen LogP contribution in [-0.4, -0.2) is 43.1 Å². The van der Waals surface area contributed by atoms with Crippen molar-refractivity contribution in [2.45, 2.75) is 12.8 Å². The van der Waals surface area contributed by atoms with Crippen LogP contribution in [0.3, 0.4) is 0 Å². The molecule has 0 radical (unpaired) electrons. The summed E-state index contributed by atoms with van der Waals surface area (Å²) in [5.74, 6) is -0.386. The summed E-state index contributed by atoms with van der Waals surface area (Å²) in [7, 11) is 4.12. The van der Waals surface area contributed by atoms with Gasteiger partial charge in [0.05, 0.1) is 13.7 Å². The zero-order chi connectivity index (χ0) is 17.7. The molecule has 0 unspecified atom stereocenters. The Hall–Kier alpha value is -2.71. The van der Waals surface area contributed by atoms with Crippen molar-refractivity contribution >= 4 is 11.7 Å². The van der Waals surface area contributed by atoms with Crippen LogP contribution < -0.4 is 11.3 Å². The molecule has 1 aromatic heterocycles. The van der Waals surface area contributed by atoms with Gasteiger partial charge in [0.1, 0.15) is 11.4 Å². The van der Waals surface area contributed by atoms with Crippen molar-refractivity contribution in [1.82, 2.24) is 9.55 Å². The highest BCUT2D eigenvalue weighted by atomic mass is 16.7. The Kier molecular flexibility index (Phi) is 5.67. The molecule has 0 atom stereocenters. The highest BCUT2D eigenvalue weighted by Gasteiger charge is 2.20. The fraction of sp³-hybridized carbons (Fsp3) is 0.312. The maximum absolute atomic E-state index is 12.7. The minimum atomic E-state index is -0.753. The first-order valence-corrected chi connectivity index (χ1v) is 7.11. The molecule has 0 aliphatic heterocycles. The van der Waals surface area contributed by atoms with Crippen molar-refractivity contribution in [3.8, 4) is 11.4 Å². The number of ether oxygens (including phenoxy) is 3. The lowest BCUT2D eigenvalue weighted by Crippen LogP contribution is -2.34. The lowest BCUT2D eigenvalue weighted by atomic mass is 10.2. The topological polar surface area (TPSA) is 106 Å². The molecule has 0 bridgehead atoms. The molecule has 0 saturated heterocycles. The van der Waals surface area contributed by atoms with Gasteiger partial charge in [-0.3, -0.25) is 9.36 Å². The number of nitrogens with zero attached hydrogens (tertiary/aromatic N) is 2. The Morgan fingerprint density at radius 2 is 1.83 bits per heavy atom. The number of aromatic nitrogens is 2. The molecule has 0 saturated carbocycles. The van der Waals surface area contributed by atoms with Crippen LogP contribution in [0.2, 0.25) is 0 Å². The number of nitrogens with two attached hydrogens (primary N) is 1. The second-order valence-corrected chi connectivity index (χ2v) is 4.93. The minimum Gasteiger partial charge on any atom is -0.465 e. The van der Waals surface area contributed by atoms with Gasteiger partial charge in [0.2, 0.25) is 0 Å². The molecular formula is C16H19N3O5. The van der Waals surface area contributed by atoms with Gasteiger partial charge in [-0.25, -0.2) is 9.78 Å². The summed E-state index contributed by atoms with van der Waals surface area (Å²) in [6, 6.07) is 6.87. The van der Waals surface area contributed by atoms with Crippen molar-refractivity contribution in [1.29, 1.82) is 0 Å². The third-order valence-electron chi connectivity index (χ3n) is 3.48.